The Morgan fingerprint density at radius 3 is 2.94 bits per heavy atom. The molecule has 0 N–H and O–H groups in total. The van der Waals surface area contributed by atoms with Crippen LogP contribution in [0.5, 0.6) is 5.75 Å². The number of aryl methyl sites for hydroxylation is 1. The maximum Gasteiger partial charge on any atom is 0.184 e. The molecule has 1 aromatic rings. The van der Waals surface area contributed by atoms with Crippen LogP contribution in [0.25, 0.3) is 0 Å². The van der Waals surface area contributed by atoms with Gasteiger partial charge in [0.15, 0.2) is 11.5 Å². The quantitative estimate of drug-likeness (QED) is 0.694. The van der Waals surface area contributed by atoms with Crippen molar-refractivity contribution in [3.63, 3.8) is 0 Å². The minimum Gasteiger partial charge on any atom is -0.493 e. The molecule has 88 valence electrons. The molecule has 0 saturated heterocycles. The summed E-state index contributed by atoms with van der Waals surface area (Å²) in [6.45, 7) is 2.85. The first-order chi connectivity index (χ1) is 7.76. The van der Waals surface area contributed by atoms with Crippen LogP contribution in [0.1, 0.15) is 43.1 Å². The fraction of sp³-hybridized carbons (Fsp3) is 0.667. The van der Waals surface area contributed by atoms with Crippen LogP contribution in [0, 0.1) is 5.92 Å². The van der Waals surface area contributed by atoms with Gasteiger partial charge >= 0.3 is 0 Å². The monoisotopic (exact) mass is 222 g/mol. The number of carbonyl (C=O) groups is 1. The lowest BCUT2D eigenvalue weighted by Gasteiger charge is -2.06. The van der Waals surface area contributed by atoms with Crippen LogP contribution in [0.2, 0.25) is 0 Å². The van der Waals surface area contributed by atoms with Gasteiger partial charge in [-0.15, -0.1) is 0 Å². The van der Waals surface area contributed by atoms with Crippen molar-refractivity contribution in [2.24, 2.45) is 5.92 Å². The van der Waals surface area contributed by atoms with E-state index in [9.17, 15) is 4.79 Å². The van der Waals surface area contributed by atoms with E-state index in [4.69, 9.17) is 4.74 Å². The molecule has 0 amide bonds. The predicted octanol–water partition coefficient (Wildman–Crippen LogP) is 2.28. The molecule has 4 heteroatoms. The van der Waals surface area contributed by atoms with E-state index in [2.05, 4.69) is 12.0 Å². The lowest BCUT2D eigenvalue weighted by Crippen LogP contribution is -2.12. The Morgan fingerprint density at radius 1 is 1.62 bits per heavy atom. The van der Waals surface area contributed by atoms with Gasteiger partial charge in [-0.1, -0.05) is 6.92 Å². The van der Waals surface area contributed by atoms with Crippen LogP contribution in [-0.4, -0.2) is 22.7 Å². The highest BCUT2D eigenvalue weighted by Gasteiger charge is 2.28. The molecule has 1 heterocycles. The summed E-state index contributed by atoms with van der Waals surface area (Å²) in [4.78, 5) is 12.1. The Labute approximate surface area is 95.6 Å². The van der Waals surface area contributed by atoms with E-state index in [-0.39, 0.29) is 5.78 Å². The Bertz CT molecular complexity index is 380. The van der Waals surface area contributed by atoms with E-state index in [1.807, 2.05) is 0 Å². The van der Waals surface area contributed by atoms with Crippen LogP contribution in [0.15, 0.2) is 6.20 Å². The number of ether oxygens (including phenoxy) is 1. The minimum atomic E-state index is 0.172. The van der Waals surface area contributed by atoms with Gasteiger partial charge in [0, 0.05) is 13.0 Å². The lowest BCUT2D eigenvalue weighted by molar-refractivity contribution is 0.0962. The first kappa shape index (κ1) is 11.2. The summed E-state index contributed by atoms with van der Waals surface area (Å²) in [5.74, 6) is 1.38. The average molecular weight is 222 g/mol. The second kappa shape index (κ2) is 4.68. The number of aromatic nitrogens is 2. The van der Waals surface area contributed by atoms with E-state index in [0.29, 0.717) is 23.8 Å². The molecule has 2 rings (SSSR count). The van der Waals surface area contributed by atoms with Gasteiger partial charge in [0.25, 0.3) is 0 Å². The largest absolute Gasteiger partial charge is 0.493 e. The number of methoxy groups -OCH3 is 1. The molecule has 1 aliphatic rings. The third-order valence-corrected chi connectivity index (χ3v) is 2.90. The number of nitrogens with zero attached hydrogens (tertiary/aromatic N) is 2. The fourth-order valence-electron chi connectivity index (χ4n) is 1.86. The molecule has 0 unspecified atom stereocenters. The van der Waals surface area contributed by atoms with E-state index < -0.39 is 0 Å². The van der Waals surface area contributed by atoms with E-state index in [1.54, 1.807) is 18.0 Å². The summed E-state index contributed by atoms with van der Waals surface area (Å²) in [6.07, 6.45) is 5.63. The molecule has 0 atom stereocenters. The third kappa shape index (κ3) is 2.26. The van der Waals surface area contributed by atoms with E-state index >= 15 is 0 Å². The summed E-state index contributed by atoms with van der Waals surface area (Å²) < 4.78 is 6.96. The van der Waals surface area contributed by atoms with Gasteiger partial charge in [-0.05, 0) is 25.2 Å². The molecule has 0 spiro atoms. The Balaban J connectivity index is 2.19. The van der Waals surface area contributed by atoms with Crippen LogP contribution >= 0.6 is 0 Å². The van der Waals surface area contributed by atoms with Gasteiger partial charge in [0.1, 0.15) is 5.69 Å². The average Bonchev–Trinajstić information content (AvgIpc) is 2.97. The number of hydrogen-bond donors (Lipinski definition) is 0. The van der Waals surface area contributed by atoms with Crippen molar-refractivity contribution in [3.8, 4) is 5.75 Å². The Morgan fingerprint density at radius 2 is 2.38 bits per heavy atom. The number of ketones is 1. The molecule has 1 aromatic heterocycles. The second-order valence-corrected chi connectivity index (χ2v) is 4.36. The van der Waals surface area contributed by atoms with E-state index in [0.717, 1.165) is 13.0 Å². The predicted molar refractivity (Wildman–Crippen MR) is 60.7 cm³/mol. The van der Waals surface area contributed by atoms with Crippen LogP contribution in [0.3, 0.4) is 0 Å². The standard InChI is InChI=1S/C12H18N2O2/c1-3-6-14-12(11(16-2)8-13-14)10(15)7-9-4-5-9/h8-9H,3-7H2,1-2H3. The zero-order chi connectivity index (χ0) is 11.5. The highest BCUT2D eigenvalue weighted by atomic mass is 16.5. The summed E-state index contributed by atoms with van der Waals surface area (Å²) in [6, 6.07) is 0. The molecule has 0 bridgehead atoms. The first-order valence-corrected chi connectivity index (χ1v) is 5.89. The highest BCUT2D eigenvalue weighted by Crippen LogP contribution is 2.34. The normalized spacial score (nSPS) is 15.1. The highest BCUT2D eigenvalue weighted by molar-refractivity contribution is 5.97. The summed E-state index contributed by atoms with van der Waals surface area (Å²) >= 11 is 0. The van der Waals surface area contributed by atoms with Crippen molar-refractivity contribution in [1.82, 2.24) is 9.78 Å². The Hall–Kier alpha value is -1.32. The van der Waals surface area contributed by atoms with Crippen molar-refractivity contribution in [2.75, 3.05) is 7.11 Å². The second-order valence-electron chi connectivity index (χ2n) is 4.36. The van der Waals surface area contributed by atoms with Crippen LogP contribution < -0.4 is 4.74 Å². The van der Waals surface area contributed by atoms with E-state index in [1.165, 1.54) is 12.8 Å². The Kier molecular flexibility index (Phi) is 3.27. The molecule has 16 heavy (non-hydrogen) atoms. The van der Waals surface area contributed by atoms with Gasteiger partial charge in [0.2, 0.25) is 0 Å². The van der Waals surface area contributed by atoms with Gasteiger partial charge < -0.3 is 4.74 Å². The molecule has 1 fully saturated rings. The van der Waals surface area contributed by atoms with Crippen LogP contribution in [0.4, 0.5) is 0 Å². The number of Topliss-reactive ketones (excluding diaryl/α,β-unsaturated/α-hetero) is 1. The van der Waals surface area contributed by atoms with Crippen molar-refractivity contribution in [1.29, 1.82) is 0 Å². The van der Waals surface area contributed by atoms with Crippen molar-refractivity contribution in [2.45, 2.75) is 39.2 Å². The zero-order valence-corrected chi connectivity index (χ0v) is 9.90. The number of rotatable bonds is 6. The summed E-state index contributed by atoms with van der Waals surface area (Å²) in [7, 11) is 1.58. The topological polar surface area (TPSA) is 44.1 Å². The number of carbonyl (C=O) groups excluding carboxylic acids is 1. The van der Waals surface area contributed by atoms with Crippen LogP contribution in [-0.2, 0) is 6.54 Å². The zero-order valence-electron chi connectivity index (χ0n) is 9.90. The SMILES string of the molecule is CCCn1ncc(OC)c1C(=O)CC1CC1. The lowest BCUT2D eigenvalue weighted by atomic mass is 10.1. The van der Waals surface area contributed by atoms with Crippen molar-refractivity contribution in [3.05, 3.63) is 11.9 Å². The molecular formula is C12H18N2O2. The maximum absolute atomic E-state index is 12.1. The first-order valence-electron chi connectivity index (χ1n) is 5.89. The molecule has 1 aliphatic carbocycles. The van der Waals surface area contributed by atoms with Gasteiger partial charge in [-0.2, -0.15) is 5.10 Å². The molecule has 1 saturated carbocycles. The van der Waals surface area contributed by atoms with Crippen molar-refractivity contribution >= 4 is 5.78 Å². The number of hydrogen-bond acceptors (Lipinski definition) is 3. The molecule has 0 radical (unpaired) electrons. The summed E-state index contributed by atoms with van der Waals surface area (Å²) in [5, 5.41) is 4.20. The smallest absolute Gasteiger partial charge is 0.184 e. The maximum atomic E-state index is 12.1. The fourth-order valence-corrected chi connectivity index (χ4v) is 1.86. The summed E-state index contributed by atoms with van der Waals surface area (Å²) in [5.41, 5.74) is 0.649. The molecule has 4 nitrogen and oxygen atoms in total. The third-order valence-electron chi connectivity index (χ3n) is 2.90. The molecule has 0 aromatic carbocycles. The molecular weight excluding hydrogens is 204 g/mol. The van der Waals surface area contributed by atoms with Gasteiger partial charge in [-0.3, -0.25) is 9.48 Å². The van der Waals surface area contributed by atoms with Crippen molar-refractivity contribution < 1.29 is 9.53 Å². The molecule has 0 aliphatic heterocycles. The van der Waals surface area contributed by atoms with Gasteiger partial charge in [0.05, 0.1) is 13.3 Å². The minimum absolute atomic E-state index is 0.172. The van der Waals surface area contributed by atoms with Gasteiger partial charge in [-0.25, -0.2) is 0 Å².